The Morgan fingerprint density at radius 1 is 1.62 bits per heavy atom. The smallest absolute Gasteiger partial charge is 0.119 e. The topological polar surface area (TPSA) is 25.8 Å². The van der Waals surface area contributed by atoms with Gasteiger partial charge >= 0.3 is 0 Å². The number of nitrogens with zero attached hydrogens (tertiary/aromatic N) is 2. The molecule has 1 aromatic heterocycles. The number of hydrogen-bond donors (Lipinski definition) is 0. The summed E-state index contributed by atoms with van der Waals surface area (Å²) < 4.78 is 0. The molecule has 0 amide bonds. The van der Waals surface area contributed by atoms with Crippen molar-refractivity contribution in [1.29, 1.82) is 0 Å². The summed E-state index contributed by atoms with van der Waals surface area (Å²) in [6, 6.07) is 2.04. The van der Waals surface area contributed by atoms with Crippen molar-refractivity contribution in [2.45, 2.75) is 18.9 Å². The van der Waals surface area contributed by atoms with Gasteiger partial charge in [-0.2, -0.15) is 5.10 Å². The molecule has 1 rings (SSSR count). The van der Waals surface area contributed by atoms with Gasteiger partial charge in [0.25, 0.3) is 0 Å². The highest BCUT2D eigenvalue weighted by Crippen LogP contribution is 2.18. The van der Waals surface area contributed by atoms with Gasteiger partial charge in [0.2, 0.25) is 0 Å². The molecule has 0 aliphatic heterocycles. The third-order valence-electron chi connectivity index (χ3n) is 1.55. The van der Waals surface area contributed by atoms with Crippen LogP contribution in [0, 0.1) is 12.8 Å². The van der Waals surface area contributed by atoms with E-state index in [1.54, 1.807) is 18.0 Å². The first-order valence-corrected chi connectivity index (χ1v) is 5.72. The number of rotatable bonds is 4. The van der Waals surface area contributed by atoms with Gasteiger partial charge in [-0.05, 0) is 24.5 Å². The SMILES string of the molecule is Cc1cnnc(SCC(C)CCl)c1. The molecular formula is C9H13ClN2S. The van der Waals surface area contributed by atoms with Gasteiger partial charge in [-0.1, -0.05) is 6.92 Å². The molecule has 0 N–H and O–H groups in total. The van der Waals surface area contributed by atoms with Crippen LogP contribution in [-0.4, -0.2) is 21.8 Å². The molecule has 2 nitrogen and oxygen atoms in total. The lowest BCUT2D eigenvalue weighted by Gasteiger charge is -2.05. The third kappa shape index (κ3) is 3.96. The molecule has 0 aromatic carbocycles. The normalized spacial score (nSPS) is 12.8. The lowest BCUT2D eigenvalue weighted by molar-refractivity contribution is 0.757. The largest absolute Gasteiger partial charge is 0.158 e. The zero-order valence-corrected chi connectivity index (χ0v) is 9.40. The number of halogens is 1. The molecule has 0 aliphatic carbocycles. The highest BCUT2D eigenvalue weighted by Gasteiger charge is 2.02. The molecular weight excluding hydrogens is 204 g/mol. The van der Waals surface area contributed by atoms with Crippen LogP contribution in [0.25, 0.3) is 0 Å². The molecule has 13 heavy (non-hydrogen) atoms. The fourth-order valence-electron chi connectivity index (χ4n) is 0.780. The predicted molar refractivity (Wildman–Crippen MR) is 57.4 cm³/mol. The van der Waals surface area contributed by atoms with Crippen molar-refractivity contribution in [3.05, 3.63) is 17.8 Å². The van der Waals surface area contributed by atoms with E-state index in [0.717, 1.165) is 16.3 Å². The molecule has 1 unspecified atom stereocenters. The second kappa shape index (κ2) is 5.45. The predicted octanol–water partition coefficient (Wildman–Crippen LogP) is 2.75. The zero-order valence-electron chi connectivity index (χ0n) is 7.83. The first-order valence-electron chi connectivity index (χ1n) is 4.20. The zero-order chi connectivity index (χ0) is 9.68. The molecule has 1 atom stereocenters. The van der Waals surface area contributed by atoms with Crippen LogP contribution >= 0.6 is 23.4 Å². The van der Waals surface area contributed by atoms with E-state index in [-0.39, 0.29) is 0 Å². The molecule has 0 saturated carbocycles. The maximum atomic E-state index is 5.70. The standard InChI is InChI=1S/C9H13ClN2S/c1-7-3-9(12-11-5-7)13-6-8(2)4-10/h3,5,8H,4,6H2,1-2H3. The quantitative estimate of drug-likeness (QED) is 0.572. The van der Waals surface area contributed by atoms with Gasteiger partial charge < -0.3 is 0 Å². The lowest BCUT2D eigenvalue weighted by Crippen LogP contribution is -1.99. The summed E-state index contributed by atoms with van der Waals surface area (Å²) in [5.41, 5.74) is 1.15. The Morgan fingerprint density at radius 2 is 2.38 bits per heavy atom. The van der Waals surface area contributed by atoms with Crippen LogP contribution in [0.1, 0.15) is 12.5 Å². The number of aromatic nitrogens is 2. The highest BCUT2D eigenvalue weighted by atomic mass is 35.5. The van der Waals surface area contributed by atoms with Crippen molar-refractivity contribution in [3.63, 3.8) is 0 Å². The van der Waals surface area contributed by atoms with Crippen LogP contribution in [0.4, 0.5) is 0 Å². The summed E-state index contributed by atoms with van der Waals surface area (Å²) in [6.45, 7) is 4.15. The maximum Gasteiger partial charge on any atom is 0.119 e. The molecule has 1 heterocycles. The summed E-state index contributed by atoms with van der Waals surface area (Å²) >= 11 is 7.41. The van der Waals surface area contributed by atoms with Crippen molar-refractivity contribution in [2.75, 3.05) is 11.6 Å². The Bertz CT molecular complexity index is 268. The van der Waals surface area contributed by atoms with Gasteiger partial charge in [0.15, 0.2) is 0 Å². The van der Waals surface area contributed by atoms with Crippen LogP contribution in [0.3, 0.4) is 0 Å². The van der Waals surface area contributed by atoms with E-state index in [9.17, 15) is 0 Å². The molecule has 0 bridgehead atoms. The fraction of sp³-hybridized carbons (Fsp3) is 0.556. The first kappa shape index (κ1) is 10.8. The summed E-state index contributed by atoms with van der Waals surface area (Å²) in [7, 11) is 0. The minimum atomic E-state index is 0.522. The summed E-state index contributed by atoms with van der Waals surface area (Å²) in [5.74, 6) is 2.22. The van der Waals surface area contributed by atoms with Gasteiger partial charge in [-0.3, -0.25) is 0 Å². The number of aryl methyl sites for hydroxylation is 1. The Labute approximate surface area is 88.1 Å². The van der Waals surface area contributed by atoms with Crippen LogP contribution in [0.5, 0.6) is 0 Å². The highest BCUT2D eigenvalue weighted by molar-refractivity contribution is 7.99. The molecule has 72 valence electrons. The first-order chi connectivity index (χ1) is 6.22. The van der Waals surface area contributed by atoms with Crippen molar-refractivity contribution < 1.29 is 0 Å². The lowest BCUT2D eigenvalue weighted by atomic mass is 10.3. The molecule has 0 aliphatic rings. The van der Waals surface area contributed by atoms with E-state index in [1.807, 2.05) is 13.0 Å². The molecule has 0 radical (unpaired) electrons. The summed E-state index contributed by atoms with van der Waals surface area (Å²) in [6.07, 6.45) is 1.76. The van der Waals surface area contributed by atoms with E-state index >= 15 is 0 Å². The van der Waals surface area contributed by atoms with Crippen LogP contribution in [-0.2, 0) is 0 Å². The molecule has 0 fully saturated rings. The van der Waals surface area contributed by atoms with Crippen molar-refractivity contribution in [1.82, 2.24) is 10.2 Å². The Hall–Kier alpha value is -0.280. The van der Waals surface area contributed by atoms with Crippen LogP contribution < -0.4 is 0 Å². The Kier molecular flexibility index (Phi) is 4.53. The molecule has 4 heteroatoms. The Morgan fingerprint density at radius 3 is 3.00 bits per heavy atom. The van der Waals surface area contributed by atoms with E-state index in [4.69, 9.17) is 11.6 Å². The number of hydrogen-bond acceptors (Lipinski definition) is 3. The molecule has 0 spiro atoms. The summed E-state index contributed by atoms with van der Waals surface area (Å²) in [4.78, 5) is 0. The summed E-state index contributed by atoms with van der Waals surface area (Å²) in [5, 5.41) is 8.88. The van der Waals surface area contributed by atoms with Crippen molar-refractivity contribution in [2.24, 2.45) is 5.92 Å². The molecule has 0 saturated heterocycles. The fourth-order valence-corrected chi connectivity index (χ4v) is 1.97. The van der Waals surface area contributed by atoms with Gasteiger partial charge in [0.05, 0.1) is 6.20 Å². The average Bonchev–Trinajstić information content (AvgIpc) is 2.14. The van der Waals surface area contributed by atoms with Crippen molar-refractivity contribution >= 4 is 23.4 Å². The van der Waals surface area contributed by atoms with Gasteiger partial charge in [-0.15, -0.1) is 28.5 Å². The third-order valence-corrected chi connectivity index (χ3v) is 3.31. The van der Waals surface area contributed by atoms with E-state index in [1.165, 1.54) is 0 Å². The number of alkyl halides is 1. The van der Waals surface area contributed by atoms with E-state index < -0.39 is 0 Å². The average molecular weight is 217 g/mol. The second-order valence-electron chi connectivity index (χ2n) is 3.14. The number of thioether (sulfide) groups is 1. The van der Waals surface area contributed by atoms with Crippen LogP contribution in [0.15, 0.2) is 17.3 Å². The van der Waals surface area contributed by atoms with Gasteiger partial charge in [-0.25, -0.2) is 0 Å². The minimum Gasteiger partial charge on any atom is -0.158 e. The van der Waals surface area contributed by atoms with E-state index in [2.05, 4.69) is 17.1 Å². The molecule has 1 aromatic rings. The van der Waals surface area contributed by atoms with Crippen molar-refractivity contribution in [3.8, 4) is 0 Å². The minimum absolute atomic E-state index is 0.522. The van der Waals surface area contributed by atoms with E-state index in [0.29, 0.717) is 11.8 Å². The Balaban J connectivity index is 2.45. The maximum absolute atomic E-state index is 5.70. The second-order valence-corrected chi connectivity index (χ2v) is 4.49. The van der Waals surface area contributed by atoms with Crippen LogP contribution in [0.2, 0.25) is 0 Å². The van der Waals surface area contributed by atoms with Gasteiger partial charge in [0, 0.05) is 11.6 Å². The van der Waals surface area contributed by atoms with Gasteiger partial charge in [0.1, 0.15) is 5.03 Å². The monoisotopic (exact) mass is 216 g/mol.